The Kier molecular flexibility index (Phi) is 6.87. The average molecular weight is 319 g/mol. The second kappa shape index (κ2) is 9.15. The number of nitrogens with zero attached hydrogens (tertiary/aromatic N) is 1. The molecule has 23 heavy (non-hydrogen) atoms. The van der Waals surface area contributed by atoms with Gasteiger partial charge in [0.15, 0.2) is 0 Å². The van der Waals surface area contributed by atoms with Crippen LogP contribution < -0.4 is 15.4 Å². The minimum Gasteiger partial charge on any atom is -0.493 e. The maximum Gasteiger partial charge on any atom is 0.255 e. The Labute approximate surface area is 137 Å². The number of nitrogens with one attached hydrogen (secondary N) is 2. The van der Waals surface area contributed by atoms with Crippen molar-refractivity contribution in [3.63, 3.8) is 0 Å². The van der Waals surface area contributed by atoms with Gasteiger partial charge in [-0.05, 0) is 25.5 Å². The summed E-state index contributed by atoms with van der Waals surface area (Å²) in [5, 5.41) is 6.08. The van der Waals surface area contributed by atoms with Gasteiger partial charge in [0.2, 0.25) is 5.91 Å². The molecule has 1 aliphatic rings. The zero-order chi connectivity index (χ0) is 16.5. The quantitative estimate of drug-likeness (QED) is 0.737. The smallest absolute Gasteiger partial charge is 0.255 e. The number of hydrogen-bond donors (Lipinski definition) is 2. The van der Waals surface area contributed by atoms with Gasteiger partial charge in [-0.2, -0.15) is 0 Å². The Bertz CT molecular complexity index is 528. The van der Waals surface area contributed by atoms with Crippen molar-refractivity contribution in [3.05, 3.63) is 29.8 Å². The van der Waals surface area contributed by atoms with Gasteiger partial charge in [0.1, 0.15) is 5.75 Å². The number of rotatable bonds is 7. The lowest BCUT2D eigenvalue weighted by atomic mass is 10.2. The van der Waals surface area contributed by atoms with Crippen LogP contribution in [0, 0.1) is 0 Å². The predicted octanol–water partition coefficient (Wildman–Crippen LogP) is 1.03. The number of piperazine rings is 1. The molecule has 0 aliphatic carbocycles. The van der Waals surface area contributed by atoms with Gasteiger partial charge in [-0.15, -0.1) is 0 Å². The first-order valence-corrected chi connectivity index (χ1v) is 8.21. The summed E-state index contributed by atoms with van der Waals surface area (Å²) in [6, 6.07) is 7.18. The fourth-order valence-electron chi connectivity index (χ4n) is 2.54. The van der Waals surface area contributed by atoms with E-state index in [1.165, 1.54) is 0 Å². The van der Waals surface area contributed by atoms with E-state index in [1.54, 1.807) is 12.1 Å². The second-order valence-corrected chi connectivity index (χ2v) is 5.42. The van der Waals surface area contributed by atoms with Gasteiger partial charge in [0.05, 0.1) is 12.2 Å². The van der Waals surface area contributed by atoms with E-state index in [0.717, 1.165) is 26.2 Å². The lowest BCUT2D eigenvalue weighted by Gasteiger charge is -2.27. The Hall–Kier alpha value is -2.08. The number of carbonyl (C=O) groups is 2. The average Bonchev–Trinajstić information content (AvgIpc) is 2.60. The maximum absolute atomic E-state index is 12.2. The normalized spacial score (nSPS) is 14.4. The molecule has 1 saturated heterocycles. The molecule has 2 N–H and O–H groups in total. The number of benzene rings is 1. The van der Waals surface area contributed by atoms with Crippen molar-refractivity contribution in [2.45, 2.75) is 19.8 Å². The van der Waals surface area contributed by atoms with E-state index in [0.29, 0.717) is 37.3 Å². The first kappa shape index (κ1) is 17.3. The van der Waals surface area contributed by atoms with Crippen LogP contribution in [-0.4, -0.2) is 56.0 Å². The van der Waals surface area contributed by atoms with Crippen LogP contribution in [0.15, 0.2) is 24.3 Å². The Morgan fingerprint density at radius 1 is 1.26 bits per heavy atom. The number of ether oxygens (including phenoxy) is 1. The number of para-hydroxylation sites is 1. The van der Waals surface area contributed by atoms with Gasteiger partial charge in [0.25, 0.3) is 5.91 Å². The Morgan fingerprint density at radius 2 is 2.00 bits per heavy atom. The lowest BCUT2D eigenvalue weighted by Crippen LogP contribution is -2.46. The van der Waals surface area contributed by atoms with Gasteiger partial charge in [-0.3, -0.25) is 9.59 Å². The summed E-state index contributed by atoms with van der Waals surface area (Å²) in [6.07, 6.45) is 1.11. The van der Waals surface area contributed by atoms with E-state index < -0.39 is 0 Å². The third-order valence-corrected chi connectivity index (χ3v) is 3.75. The van der Waals surface area contributed by atoms with Crippen LogP contribution in [-0.2, 0) is 4.79 Å². The van der Waals surface area contributed by atoms with Crippen LogP contribution in [0.4, 0.5) is 0 Å². The van der Waals surface area contributed by atoms with Crippen LogP contribution in [0.3, 0.4) is 0 Å². The van der Waals surface area contributed by atoms with Crippen LogP contribution >= 0.6 is 0 Å². The highest BCUT2D eigenvalue weighted by atomic mass is 16.5. The molecule has 0 spiro atoms. The fraction of sp³-hybridized carbons (Fsp3) is 0.529. The van der Waals surface area contributed by atoms with Crippen LogP contribution in [0.25, 0.3) is 0 Å². The van der Waals surface area contributed by atoms with Crippen molar-refractivity contribution in [2.24, 2.45) is 0 Å². The van der Waals surface area contributed by atoms with E-state index in [-0.39, 0.29) is 11.8 Å². The maximum atomic E-state index is 12.2. The molecule has 1 fully saturated rings. The zero-order valence-corrected chi connectivity index (χ0v) is 13.6. The molecule has 1 heterocycles. The summed E-state index contributed by atoms with van der Waals surface area (Å²) in [5.74, 6) is 0.587. The molecular formula is C17H25N3O3. The third-order valence-electron chi connectivity index (χ3n) is 3.75. The highest BCUT2D eigenvalue weighted by Crippen LogP contribution is 2.17. The molecule has 0 aromatic heterocycles. The standard InChI is InChI=1S/C17H25N3O3/c1-2-23-15-7-4-3-6-14(15)17(22)19-9-5-8-16(21)20-12-10-18-11-13-20/h3-4,6-7,18H,2,5,8-13H2,1H3,(H,19,22). The summed E-state index contributed by atoms with van der Waals surface area (Å²) in [5.41, 5.74) is 0.530. The molecule has 2 amide bonds. The molecule has 126 valence electrons. The fourth-order valence-corrected chi connectivity index (χ4v) is 2.54. The number of hydrogen-bond acceptors (Lipinski definition) is 4. The summed E-state index contributed by atoms with van der Waals surface area (Å²) in [7, 11) is 0. The van der Waals surface area contributed by atoms with Crippen molar-refractivity contribution >= 4 is 11.8 Å². The van der Waals surface area contributed by atoms with Gasteiger partial charge in [-0.1, -0.05) is 12.1 Å². The minimum absolute atomic E-state index is 0.162. The van der Waals surface area contributed by atoms with E-state index >= 15 is 0 Å². The van der Waals surface area contributed by atoms with E-state index in [1.807, 2.05) is 24.0 Å². The highest BCUT2D eigenvalue weighted by molar-refractivity contribution is 5.96. The van der Waals surface area contributed by atoms with Crippen molar-refractivity contribution < 1.29 is 14.3 Å². The first-order chi connectivity index (χ1) is 11.2. The second-order valence-electron chi connectivity index (χ2n) is 5.42. The van der Waals surface area contributed by atoms with Gasteiger partial charge in [0, 0.05) is 39.1 Å². The van der Waals surface area contributed by atoms with E-state index in [9.17, 15) is 9.59 Å². The SMILES string of the molecule is CCOc1ccccc1C(=O)NCCCC(=O)N1CCNCC1. The number of carbonyl (C=O) groups excluding carboxylic acids is 2. The highest BCUT2D eigenvalue weighted by Gasteiger charge is 2.16. The first-order valence-electron chi connectivity index (χ1n) is 8.21. The largest absolute Gasteiger partial charge is 0.493 e. The van der Waals surface area contributed by atoms with Crippen molar-refractivity contribution in [2.75, 3.05) is 39.3 Å². The molecule has 0 atom stereocenters. The molecule has 0 bridgehead atoms. The summed E-state index contributed by atoms with van der Waals surface area (Å²) in [4.78, 5) is 26.1. The van der Waals surface area contributed by atoms with Crippen LogP contribution in [0.1, 0.15) is 30.1 Å². The number of amides is 2. The minimum atomic E-state index is -0.163. The molecule has 1 aromatic rings. The molecule has 6 nitrogen and oxygen atoms in total. The lowest BCUT2D eigenvalue weighted by molar-refractivity contribution is -0.131. The zero-order valence-electron chi connectivity index (χ0n) is 13.6. The molecule has 6 heteroatoms. The summed E-state index contributed by atoms with van der Waals surface area (Å²) in [6.45, 7) is 6.14. The van der Waals surface area contributed by atoms with Gasteiger partial charge >= 0.3 is 0 Å². The molecule has 2 rings (SSSR count). The Morgan fingerprint density at radius 3 is 2.74 bits per heavy atom. The van der Waals surface area contributed by atoms with Crippen molar-refractivity contribution in [3.8, 4) is 5.75 Å². The van der Waals surface area contributed by atoms with Crippen molar-refractivity contribution in [1.29, 1.82) is 0 Å². The van der Waals surface area contributed by atoms with Crippen LogP contribution in [0.2, 0.25) is 0 Å². The molecule has 0 saturated carbocycles. The monoisotopic (exact) mass is 319 g/mol. The van der Waals surface area contributed by atoms with Gasteiger partial charge < -0.3 is 20.3 Å². The molecule has 0 unspecified atom stereocenters. The third kappa shape index (κ3) is 5.25. The Balaban J connectivity index is 1.73. The molecule has 0 radical (unpaired) electrons. The molecule has 1 aromatic carbocycles. The summed E-state index contributed by atoms with van der Waals surface area (Å²) < 4.78 is 5.45. The van der Waals surface area contributed by atoms with Crippen molar-refractivity contribution in [1.82, 2.24) is 15.5 Å². The van der Waals surface area contributed by atoms with Crippen LogP contribution in [0.5, 0.6) is 5.75 Å². The van der Waals surface area contributed by atoms with E-state index in [2.05, 4.69) is 10.6 Å². The van der Waals surface area contributed by atoms with Gasteiger partial charge in [-0.25, -0.2) is 0 Å². The molecule has 1 aliphatic heterocycles. The predicted molar refractivity (Wildman–Crippen MR) is 88.6 cm³/mol. The summed E-state index contributed by atoms with van der Waals surface area (Å²) >= 11 is 0. The topological polar surface area (TPSA) is 70.7 Å². The molecular weight excluding hydrogens is 294 g/mol. The van der Waals surface area contributed by atoms with E-state index in [4.69, 9.17) is 4.74 Å².